The Kier molecular flexibility index (Phi) is 12.5. The number of likely N-dealkylation sites (N-methyl/N-ethyl adjacent to an activating group) is 1. The first-order valence-corrected chi connectivity index (χ1v) is 18.6. The number of fused-ring (bicyclic) bond motifs is 1. The molecule has 1 aromatic heterocycles. The highest BCUT2D eigenvalue weighted by Gasteiger charge is 2.39. The summed E-state index contributed by atoms with van der Waals surface area (Å²) in [4.78, 5) is 65.7. The lowest BCUT2D eigenvalue weighted by Crippen LogP contribution is -2.52. The van der Waals surface area contributed by atoms with Crippen LogP contribution in [0.5, 0.6) is 0 Å². The first-order chi connectivity index (χ1) is 25.6. The van der Waals surface area contributed by atoms with Gasteiger partial charge < -0.3 is 35.2 Å². The summed E-state index contributed by atoms with van der Waals surface area (Å²) in [7, 11) is 3.70. The van der Waals surface area contributed by atoms with Crippen molar-refractivity contribution in [2.45, 2.75) is 43.8 Å². The topological polar surface area (TPSA) is 176 Å². The Labute approximate surface area is 315 Å². The van der Waals surface area contributed by atoms with E-state index >= 15 is 0 Å². The number of carbonyl (C=O) groups excluding carboxylic acids is 4. The van der Waals surface area contributed by atoms with E-state index in [4.69, 9.17) is 9.47 Å². The van der Waals surface area contributed by atoms with Gasteiger partial charge in [-0.2, -0.15) is 5.10 Å². The van der Waals surface area contributed by atoms with Crippen molar-refractivity contribution in [3.8, 4) is 0 Å². The van der Waals surface area contributed by atoms with E-state index in [2.05, 4.69) is 54.2 Å². The molecule has 3 atom stereocenters. The number of nitrogens with one attached hydrogen (secondary N) is 4. The van der Waals surface area contributed by atoms with Crippen LogP contribution < -0.4 is 26.8 Å². The predicted molar refractivity (Wildman–Crippen MR) is 201 cm³/mol. The van der Waals surface area contributed by atoms with E-state index in [9.17, 15) is 24.0 Å². The summed E-state index contributed by atoms with van der Waals surface area (Å²) in [5.74, 6) is -0.858. The number of likely N-dealkylation sites (tertiary alicyclic amines) is 1. The van der Waals surface area contributed by atoms with Crippen molar-refractivity contribution < 1.29 is 28.7 Å². The first-order valence-electron chi connectivity index (χ1n) is 17.8. The number of piperidine rings is 2. The third kappa shape index (κ3) is 9.30. The Bertz CT molecular complexity index is 1890. The zero-order valence-electron chi connectivity index (χ0n) is 29.9. The number of benzene rings is 2. The number of amides is 4. The van der Waals surface area contributed by atoms with Gasteiger partial charge in [-0.25, -0.2) is 4.68 Å². The lowest BCUT2D eigenvalue weighted by molar-refractivity contribution is -0.136. The van der Waals surface area contributed by atoms with E-state index in [1.165, 1.54) is 9.58 Å². The fraction of sp³-hybridized carbons (Fsp3) is 0.459. The number of imide groups is 1. The van der Waals surface area contributed by atoms with Crippen molar-refractivity contribution in [2.24, 2.45) is 7.05 Å². The third-order valence-corrected chi connectivity index (χ3v) is 10.5. The molecule has 2 fully saturated rings. The summed E-state index contributed by atoms with van der Waals surface area (Å²) in [6.07, 6.45) is 3.07. The van der Waals surface area contributed by atoms with Crippen LogP contribution in [-0.2, 0) is 32.7 Å². The highest BCUT2D eigenvalue weighted by atomic mass is 79.9. The highest BCUT2D eigenvalue weighted by molar-refractivity contribution is 9.10. The number of anilines is 2. The normalized spacial score (nSPS) is 20.2. The molecule has 0 saturated carbocycles. The number of hydrogen-bond donors (Lipinski definition) is 4. The maximum absolute atomic E-state index is 13.0. The zero-order chi connectivity index (χ0) is 37.5. The van der Waals surface area contributed by atoms with Gasteiger partial charge in [0.05, 0.1) is 38.3 Å². The summed E-state index contributed by atoms with van der Waals surface area (Å²) < 4.78 is 13.1. The molecule has 3 aromatic rings. The molecule has 2 aromatic carbocycles. The summed E-state index contributed by atoms with van der Waals surface area (Å²) in [5, 5.41) is 16.2. The van der Waals surface area contributed by atoms with E-state index < -0.39 is 11.9 Å². The smallest absolute Gasteiger partial charge is 0.282 e. The van der Waals surface area contributed by atoms with E-state index in [1.54, 1.807) is 25.4 Å². The number of aromatic nitrogens is 2. The van der Waals surface area contributed by atoms with Crippen molar-refractivity contribution >= 4 is 50.9 Å². The van der Waals surface area contributed by atoms with Gasteiger partial charge in [0.25, 0.3) is 17.4 Å². The van der Waals surface area contributed by atoms with Gasteiger partial charge in [-0.3, -0.25) is 29.3 Å². The van der Waals surface area contributed by atoms with E-state index in [0.29, 0.717) is 73.8 Å². The molecule has 15 nitrogen and oxygen atoms in total. The number of halogens is 1. The zero-order valence-corrected chi connectivity index (χ0v) is 31.4. The summed E-state index contributed by atoms with van der Waals surface area (Å²) in [6.45, 7) is 4.43. The molecule has 0 radical (unpaired) electrons. The van der Waals surface area contributed by atoms with Crippen LogP contribution in [0.15, 0.2) is 57.9 Å². The average Bonchev–Trinajstić information content (AvgIpc) is 3.48. The second-order valence-corrected chi connectivity index (χ2v) is 14.4. The molecule has 3 unspecified atom stereocenters. The van der Waals surface area contributed by atoms with Crippen LogP contribution in [0.1, 0.15) is 57.0 Å². The molecule has 0 bridgehead atoms. The van der Waals surface area contributed by atoms with Crippen molar-refractivity contribution in [1.82, 2.24) is 30.2 Å². The van der Waals surface area contributed by atoms with Gasteiger partial charge in [0, 0.05) is 74.6 Å². The fourth-order valence-electron chi connectivity index (χ4n) is 7.07. The molecule has 53 heavy (non-hydrogen) atoms. The van der Waals surface area contributed by atoms with Gasteiger partial charge in [0.2, 0.25) is 11.8 Å². The van der Waals surface area contributed by atoms with Crippen LogP contribution in [0.4, 0.5) is 11.4 Å². The molecule has 6 rings (SSSR count). The molecule has 282 valence electrons. The summed E-state index contributed by atoms with van der Waals surface area (Å²) >= 11 is 3.40. The predicted octanol–water partition coefficient (Wildman–Crippen LogP) is 2.08. The Morgan fingerprint density at radius 2 is 1.72 bits per heavy atom. The van der Waals surface area contributed by atoms with Gasteiger partial charge >= 0.3 is 0 Å². The molecule has 4 amide bonds. The van der Waals surface area contributed by atoms with E-state index in [1.807, 2.05) is 30.3 Å². The number of aryl methyl sites for hydroxylation is 1. The van der Waals surface area contributed by atoms with Gasteiger partial charge in [0.1, 0.15) is 10.5 Å². The molecule has 0 aliphatic carbocycles. The standard InChI is InChI=1S/C37H45BrN8O7/c1-44-20-25(18-26(21-44)42-30-19-41-45(2)37(51)33(30)38)23-6-8-24(9-7-23)34(48)40-13-15-53-17-16-52-14-12-39-29-5-3-4-27-28(29)22-46(36(27)50)31-10-11-32(47)43-35(31)49/h3-9,19,25-26,31,39,42H,10-18,20-22H2,1-2H3,(H,40,48)(H,43,47,49). The average molecular weight is 794 g/mol. The Morgan fingerprint density at radius 1 is 0.962 bits per heavy atom. The van der Waals surface area contributed by atoms with Gasteiger partial charge in [0.15, 0.2) is 0 Å². The largest absolute Gasteiger partial charge is 0.382 e. The molecule has 4 heterocycles. The molecule has 16 heteroatoms. The van der Waals surface area contributed by atoms with Crippen LogP contribution >= 0.6 is 15.9 Å². The molecular formula is C37H45BrN8O7. The second kappa shape index (κ2) is 17.5. The molecule has 4 N–H and O–H groups in total. The van der Waals surface area contributed by atoms with Crippen LogP contribution in [0.25, 0.3) is 0 Å². The van der Waals surface area contributed by atoms with Gasteiger partial charge in [-0.1, -0.05) is 18.2 Å². The number of carbonyl (C=O) groups is 4. The van der Waals surface area contributed by atoms with Crippen LogP contribution in [0.2, 0.25) is 0 Å². The van der Waals surface area contributed by atoms with E-state index in [-0.39, 0.29) is 41.7 Å². The number of ether oxygens (including phenoxy) is 2. The lowest BCUT2D eigenvalue weighted by Gasteiger charge is -2.37. The van der Waals surface area contributed by atoms with Gasteiger partial charge in [-0.15, -0.1) is 0 Å². The monoisotopic (exact) mass is 792 g/mol. The van der Waals surface area contributed by atoms with Crippen molar-refractivity contribution in [2.75, 3.05) is 70.3 Å². The summed E-state index contributed by atoms with van der Waals surface area (Å²) in [6, 6.07) is 12.6. The van der Waals surface area contributed by atoms with Crippen LogP contribution in [0.3, 0.4) is 0 Å². The van der Waals surface area contributed by atoms with Crippen LogP contribution in [0, 0.1) is 0 Å². The summed E-state index contributed by atoms with van der Waals surface area (Å²) in [5.41, 5.74) is 4.41. The van der Waals surface area contributed by atoms with E-state index in [0.717, 1.165) is 36.3 Å². The second-order valence-electron chi connectivity index (χ2n) is 13.6. The SMILES string of the molecule is CN1CC(Nc2cnn(C)c(=O)c2Br)CC(c2ccc(C(=O)NCCOCCOCCNc3cccc4c3CN(C3CCC(=O)NC3=O)C4=O)cc2)C1. The minimum Gasteiger partial charge on any atom is -0.382 e. The minimum atomic E-state index is -0.654. The lowest BCUT2D eigenvalue weighted by atomic mass is 9.87. The molecule has 2 saturated heterocycles. The van der Waals surface area contributed by atoms with Crippen molar-refractivity contribution in [3.63, 3.8) is 0 Å². The maximum Gasteiger partial charge on any atom is 0.282 e. The number of rotatable bonds is 15. The number of nitrogens with zero attached hydrogens (tertiary/aromatic N) is 4. The van der Waals surface area contributed by atoms with Crippen molar-refractivity contribution in [1.29, 1.82) is 0 Å². The van der Waals surface area contributed by atoms with Gasteiger partial charge in [-0.05, 0) is 71.6 Å². The Balaban J connectivity index is 0.854. The van der Waals surface area contributed by atoms with Crippen molar-refractivity contribution in [3.05, 3.63) is 85.7 Å². The van der Waals surface area contributed by atoms with Crippen LogP contribution in [-0.4, -0.2) is 115 Å². The Morgan fingerprint density at radius 3 is 2.47 bits per heavy atom. The maximum atomic E-state index is 13.0. The molecule has 3 aliphatic rings. The highest BCUT2D eigenvalue weighted by Crippen LogP contribution is 2.32. The minimum absolute atomic E-state index is 0.124. The quantitative estimate of drug-likeness (QED) is 0.131. The third-order valence-electron chi connectivity index (χ3n) is 9.76. The molecular weight excluding hydrogens is 748 g/mol. The molecule has 0 spiro atoms. The number of hydrogen-bond acceptors (Lipinski definition) is 11. The molecule has 3 aliphatic heterocycles. The first kappa shape index (κ1) is 38.1. The fourth-order valence-corrected chi connectivity index (χ4v) is 7.55. The Hall–Kier alpha value is -4.64.